The van der Waals surface area contributed by atoms with Gasteiger partial charge in [0.2, 0.25) is 10.0 Å². The molecule has 0 aliphatic carbocycles. The molecule has 26 heavy (non-hydrogen) atoms. The van der Waals surface area contributed by atoms with E-state index in [0.717, 1.165) is 18.4 Å². The van der Waals surface area contributed by atoms with Gasteiger partial charge in [-0.1, -0.05) is 24.3 Å². The van der Waals surface area contributed by atoms with Crippen LogP contribution in [0.2, 0.25) is 0 Å². The van der Waals surface area contributed by atoms with Crippen LogP contribution in [0.1, 0.15) is 17.5 Å². The molecule has 0 N–H and O–H groups in total. The first kappa shape index (κ1) is 20.6. The zero-order valence-corrected chi connectivity index (χ0v) is 15.8. The molecule has 142 valence electrons. The molecular weight excluding hydrogens is 384 g/mol. The third-order valence-electron chi connectivity index (χ3n) is 3.76. The lowest BCUT2D eigenvalue weighted by atomic mass is 10.1. The normalized spacial score (nSPS) is 11.9. The second-order valence-corrected chi connectivity index (χ2v) is 8.15. The Morgan fingerprint density at radius 2 is 1.81 bits per heavy atom. The molecule has 0 heterocycles. The van der Waals surface area contributed by atoms with Crippen LogP contribution >= 0.6 is 11.6 Å². The van der Waals surface area contributed by atoms with E-state index >= 15 is 0 Å². The summed E-state index contributed by atoms with van der Waals surface area (Å²) in [6, 6.07) is 12.6. The van der Waals surface area contributed by atoms with Crippen LogP contribution in [0.15, 0.2) is 53.4 Å². The first-order chi connectivity index (χ1) is 12.3. The van der Waals surface area contributed by atoms with Gasteiger partial charge in [0.25, 0.3) is 0 Å². The number of alkyl halides is 3. The molecule has 0 bridgehead atoms. The first-order valence-electron chi connectivity index (χ1n) is 7.98. The Morgan fingerprint density at radius 1 is 1.12 bits per heavy atom. The van der Waals surface area contributed by atoms with Crippen LogP contribution in [-0.4, -0.2) is 32.3 Å². The number of aryl methyl sites for hydroxylation is 1. The maximum atomic E-state index is 12.7. The molecule has 2 aromatic rings. The molecule has 0 radical (unpaired) electrons. The van der Waals surface area contributed by atoms with Gasteiger partial charge in [-0.25, -0.2) is 8.42 Å². The van der Waals surface area contributed by atoms with Crippen LogP contribution in [0.25, 0.3) is 0 Å². The van der Waals surface area contributed by atoms with Gasteiger partial charge in [0.15, 0.2) is 0 Å². The van der Waals surface area contributed by atoms with Crippen molar-refractivity contribution in [1.29, 1.82) is 0 Å². The van der Waals surface area contributed by atoms with Crippen LogP contribution in [0.4, 0.5) is 8.78 Å². The Kier molecular flexibility index (Phi) is 7.37. The average molecular weight is 404 g/mol. The predicted molar refractivity (Wildman–Crippen MR) is 97.2 cm³/mol. The van der Waals surface area contributed by atoms with Gasteiger partial charge < -0.3 is 4.74 Å². The summed E-state index contributed by atoms with van der Waals surface area (Å²) in [4.78, 5) is 0.176. The van der Waals surface area contributed by atoms with E-state index in [1.807, 2.05) is 0 Å². The lowest BCUT2D eigenvalue weighted by Crippen LogP contribution is -2.26. The molecule has 0 fully saturated rings. The van der Waals surface area contributed by atoms with Crippen molar-refractivity contribution in [3.8, 4) is 5.75 Å². The second-order valence-electron chi connectivity index (χ2n) is 5.72. The molecule has 0 spiro atoms. The smallest absolute Gasteiger partial charge is 0.387 e. The van der Waals surface area contributed by atoms with Crippen molar-refractivity contribution >= 4 is 21.6 Å². The summed E-state index contributed by atoms with van der Waals surface area (Å²) in [6.07, 6.45) is 1.61. The molecule has 0 aromatic heterocycles. The summed E-state index contributed by atoms with van der Waals surface area (Å²) >= 11 is 5.66. The highest BCUT2D eigenvalue weighted by atomic mass is 35.5. The van der Waals surface area contributed by atoms with Crippen molar-refractivity contribution in [3.05, 3.63) is 59.7 Å². The van der Waals surface area contributed by atoms with Crippen LogP contribution in [0.3, 0.4) is 0 Å². The Labute approximate surface area is 157 Å². The molecule has 0 saturated heterocycles. The number of hydrogen-bond acceptors (Lipinski definition) is 3. The second kappa shape index (κ2) is 9.30. The fraction of sp³-hybridized carbons (Fsp3) is 0.333. The monoisotopic (exact) mass is 403 g/mol. The SMILES string of the molecule is CN(Cc1cccc(OC(F)F)c1)S(=O)(=O)c1ccc(CCCCl)cc1. The van der Waals surface area contributed by atoms with E-state index in [4.69, 9.17) is 11.6 Å². The molecular formula is C18H20ClF2NO3S. The van der Waals surface area contributed by atoms with Gasteiger partial charge in [0.05, 0.1) is 4.90 Å². The van der Waals surface area contributed by atoms with E-state index in [2.05, 4.69) is 4.74 Å². The van der Waals surface area contributed by atoms with Gasteiger partial charge in [-0.2, -0.15) is 13.1 Å². The molecule has 0 atom stereocenters. The van der Waals surface area contributed by atoms with Crippen molar-refractivity contribution in [2.75, 3.05) is 12.9 Å². The lowest BCUT2D eigenvalue weighted by molar-refractivity contribution is -0.0498. The van der Waals surface area contributed by atoms with E-state index < -0.39 is 16.6 Å². The van der Waals surface area contributed by atoms with Crippen molar-refractivity contribution in [2.24, 2.45) is 0 Å². The largest absolute Gasteiger partial charge is 0.435 e. The quantitative estimate of drug-likeness (QED) is 0.587. The fourth-order valence-electron chi connectivity index (χ4n) is 2.44. The van der Waals surface area contributed by atoms with Gasteiger partial charge in [0, 0.05) is 19.5 Å². The minimum absolute atomic E-state index is 0.00746. The van der Waals surface area contributed by atoms with Gasteiger partial charge in [0.1, 0.15) is 5.75 Å². The van der Waals surface area contributed by atoms with Crippen molar-refractivity contribution in [1.82, 2.24) is 4.31 Å². The number of halogens is 3. The van der Waals surface area contributed by atoms with Crippen LogP contribution in [0, 0.1) is 0 Å². The van der Waals surface area contributed by atoms with Gasteiger partial charge in [-0.3, -0.25) is 0 Å². The zero-order valence-electron chi connectivity index (χ0n) is 14.2. The Hall–Kier alpha value is -1.70. The van der Waals surface area contributed by atoms with E-state index in [1.54, 1.807) is 36.4 Å². The molecule has 2 aromatic carbocycles. The Morgan fingerprint density at radius 3 is 2.42 bits per heavy atom. The highest BCUT2D eigenvalue weighted by Gasteiger charge is 2.21. The zero-order chi connectivity index (χ0) is 19.2. The summed E-state index contributed by atoms with van der Waals surface area (Å²) in [7, 11) is -2.25. The maximum Gasteiger partial charge on any atom is 0.387 e. The van der Waals surface area contributed by atoms with Gasteiger partial charge >= 0.3 is 6.61 Å². The molecule has 0 amide bonds. The number of benzene rings is 2. The topological polar surface area (TPSA) is 46.6 Å². The number of ether oxygens (including phenoxy) is 1. The van der Waals surface area contributed by atoms with Crippen molar-refractivity contribution in [3.63, 3.8) is 0 Å². The number of hydrogen-bond donors (Lipinski definition) is 0. The third-order valence-corrected chi connectivity index (χ3v) is 5.84. The molecule has 0 aliphatic heterocycles. The molecule has 0 aliphatic rings. The van der Waals surface area contributed by atoms with Crippen LogP contribution in [-0.2, 0) is 23.0 Å². The highest BCUT2D eigenvalue weighted by Crippen LogP contribution is 2.21. The molecule has 8 heteroatoms. The molecule has 0 unspecified atom stereocenters. The standard InChI is InChI=1S/C18H20ClF2NO3S/c1-22(13-15-4-2-6-16(12-15)25-18(20)21)26(23,24)17-9-7-14(8-10-17)5-3-11-19/h2,4,6-10,12,18H,3,5,11,13H2,1H3. The summed E-state index contributed by atoms with van der Waals surface area (Å²) in [5.41, 5.74) is 1.57. The van der Waals surface area contributed by atoms with E-state index in [9.17, 15) is 17.2 Å². The summed E-state index contributed by atoms with van der Waals surface area (Å²) in [6.45, 7) is -2.89. The molecule has 4 nitrogen and oxygen atoms in total. The Balaban J connectivity index is 2.11. The van der Waals surface area contributed by atoms with Gasteiger partial charge in [-0.15, -0.1) is 11.6 Å². The number of rotatable bonds is 9. The third kappa shape index (κ3) is 5.65. The van der Waals surface area contributed by atoms with E-state index in [1.165, 1.54) is 23.5 Å². The lowest BCUT2D eigenvalue weighted by Gasteiger charge is -2.18. The van der Waals surface area contributed by atoms with Crippen LogP contribution in [0.5, 0.6) is 5.75 Å². The minimum atomic E-state index is -3.69. The van der Waals surface area contributed by atoms with Crippen molar-refractivity contribution < 1.29 is 21.9 Å². The highest BCUT2D eigenvalue weighted by molar-refractivity contribution is 7.89. The van der Waals surface area contributed by atoms with E-state index in [-0.39, 0.29) is 17.2 Å². The van der Waals surface area contributed by atoms with Crippen molar-refractivity contribution in [2.45, 2.75) is 30.9 Å². The van der Waals surface area contributed by atoms with E-state index in [0.29, 0.717) is 11.4 Å². The minimum Gasteiger partial charge on any atom is -0.435 e. The molecule has 2 rings (SSSR count). The van der Waals surface area contributed by atoms with Crippen LogP contribution < -0.4 is 4.74 Å². The summed E-state index contributed by atoms with van der Waals surface area (Å²) in [5.74, 6) is 0.545. The molecule has 0 saturated carbocycles. The maximum absolute atomic E-state index is 12.7. The summed E-state index contributed by atoms with van der Waals surface area (Å²) in [5, 5.41) is 0. The average Bonchev–Trinajstić information content (AvgIpc) is 2.60. The Bertz CT molecular complexity index is 813. The first-order valence-corrected chi connectivity index (χ1v) is 9.95. The number of sulfonamides is 1. The van der Waals surface area contributed by atoms with Gasteiger partial charge in [-0.05, 0) is 48.2 Å². The predicted octanol–water partition coefficient (Wildman–Crippen LogP) is 4.28. The summed E-state index contributed by atoms with van der Waals surface area (Å²) < 4.78 is 55.5. The fourth-order valence-corrected chi connectivity index (χ4v) is 3.73. The number of nitrogens with zero attached hydrogens (tertiary/aromatic N) is 1.